The van der Waals surface area contributed by atoms with E-state index in [9.17, 15) is 4.79 Å². The highest BCUT2D eigenvalue weighted by atomic mass is 32.2. The smallest absolute Gasteiger partial charge is 0.302 e. The van der Waals surface area contributed by atoms with Gasteiger partial charge in [-0.05, 0) is 64.9 Å². The molecule has 4 nitrogen and oxygen atoms in total. The number of esters is 1. The Morgan fingerprint density at radius 1 is 1.04 bits per heavy atom. The van der Waals surface area contributed by atoms with Gasteiger partial charge in [-0.2, -0.15) is 0 Å². The molecule has 0 aliphatic heterocycles. The van der Waals surface area contributed by atoms with E-state index in [1.807, 2.05) is 11.8 Å². The molecule has 0 aliphatic rings. The van der Waals surface area contributed by atoms with Crippen LogP contribution >= 0.6 is 11.8 Å². The number of rotatable bonds is 17. The maximum absolute atomic E-state index is 10.6. The lowest BCUT2D eigenvalue weighted by molar-refractivity contribution is -0.141. The number of nitrogens with zero attached hydrogens (tertiary/aromatic N) is 1. The Kier molecular flexibility index (Phi) is 17.4. The van der Waals surface area contributed by atoms with Crippen LogP contribution in [0.5, 0.6) is 0 Å². The lowest BCUT2D eigenvalue weighted by Crippen LogP contribution is -2.20. The van der Waals surface area contributed by atoms with Crippen LogP contribution in [0.4, 0.5) is 0 Å². The van der Waals surface area contributed by atoms with Crippen molar-refractivity contribution in [3.63, 3.8) is 0 Å². The zero-order valence-corrected chi connectivity index (χ0v) is 17.2. The second-order valence-corrected chi connectivity index (χ2v) is 7.58. The summed E-state index contributed by atoms with van der Waals surface area (Å²) in [5, 5.41) is 0. The molecule has 0 aromatic heterocycles. The number of unbranched alkanes of at least 4 members (excludes halogenated alkanes) is 5. The summed E-state index contributed by atoms with van der Waals surface area (Å²) in [6, 6.07) is 0. The molecular formula is C19H39NO3S. The fourth-order valence-corrected chi connectivity index (χ4v) is 3.12. The van der Waals surface area contributed by atoms with Crippen molar-refractivity contribution in [1.82, 2.24) is 4.90 Å². The van der Waals surface area contributed by atoms with Gasteiger partial charge >= 0.3 is 5.97 Å². The molecule has 0 amide bonds. The van der Waals surface area contributed by atoms with Crippen LogP contribution in [-0.2, 0) is 14.3 Å². The summed E-state index contributed by atoms with van der Waals surface area (Å²) in [5.74, 6) is 1.88. The first-order valence-electron chi connectivity index (χ1n) is 9.57. The average molecular weight is 362 g/mol. The molecule has 5 heteroatoms. The quantitative estimate of drug-likeness (QED) is 0.213. The molecule has 144 valence electrons. The van der Waals surface area contributed by atoms with Gasteiger partial charge in [-0.25, -0.2) is 0 Å². The van der Waals surface area contributed by atoms with E-state index >= 15 is 0 Å². The van der Waals surface area contributed by atoms with E-state index in [0.717, 1.165) is 25.2 Å². The van der Waals surface area contributed by atoms with Gasteiger partial charge in [0.05, 0.1) is 18.6 Å². The Labute approximate surface area is 154 Å². The van der Waals surface area contributed by atoms with Crippen molar-refractivity contribution in [1.29, 1.82) is 0 Å². The molecule has 0 N–H and O–H groups in total. The fourth-order valence-electron chi connectivity index (χ4n) is 2.27. The topological polar surface area (TPSA) is 38.8 Å². The Morgan fingerprint density at radius 3 is 2.29 bits per heavy atom. The molecule has 1 unspecified atom stereocenters. The minimum absolute atomic E-state index is 0.170. The van der Waals surface area contributed by atoms with Crippen LogP contribution in [0.2, 0.25) is 0 Å². The highest BCUT2D eigenvalue weighted by molar-refractivity contribution is 7.99. The third kappa shape index (κ3) is 18.1. The predicted molar refractivity (Wildman–Crippen MR) is 105 cm³/mol. The van der Waals surface area contributed by atoms with Gasteiger partial charge in [0.2, 0.25) is 0 Å². The van der Waals surface area contributed by atoms with E-state index in [1.165, 1.54) is 57.9 Å². The second kappa shape index (κ2) is 17.6. The third-order valence-corrected chi connectivity index (χ3v) is 4.96. The van der Waals surface area contributed by atoms with Gasteiger partial charge in [0.1, 0.15) is 0 Å². The minimum Gasteiger partial charge on any atom is -0.466 e. The number of hydrogen-bond donors (Lipinski definition) is 0. The van der Waals surface area contributed by atoms with Crippen molar-refractivity contribution in [2.24, 2.45) is 0 Å². The van der Waals surface area contributed by atoms with Gasteiger partial charge in [0.25, 0.3) is 0 Å². The van der Waals surface area contributed by atoms with E-state index in [-0.39, 0.29) is 5.97 Å². The standard InChI is InChI=1S/C19H39NO3S/c1-5-18(2)23-17-24-16-12-8-10-14-20(4)13-9-6-7-11-15-22-19(3)21/h18H,5-17H2,1-4H3. The summed E-state index contributed by atoms with van der Waals surface area (Å²) in [7, 11) is 2.22. The maximum atomic E-state index is 10.6. The molecule has 0 rings (SSSR count). The number of carbonyl (C=O) groups is 1. The molecular weight excluding hydrogens is 322 g/mol. The summed E-state index contributed by atoms with van der Waals surface area (Å²) >= 11 is 1.91. The van der Waals surface area contributed by atoms with E-state index in [0.29, 0.717) is 12.7 Å². The molecule has 0 aromatic carbocycles. The van der Waals surface area contributed by atoms with E-state index < -0.39 is 0 Å². The van der Waals surface area contributed by atoms with Gasteiger partial charge < -0.3 is 14.4 Å². The SMILES string of the molecule is CCC(C)OCSCCCCCN(C)CCCCCCOC(C)=O. The summed E-state index contributed by atoms with van der Waals surface area (Å²) < 4.78 is 10.6. The summed E-state index contributed by atoms with van der Waals surface area (Å²) in [6.45, 7) is 8.71. The molecule has 0 radical (unpaired) electrons. The Hall–Kier alpha value is -0.260. The van der Waals surface area contributed by atoms with Crippen LogP contribution in [0, 0.1) is 0 Å². The number of hydrogen-bond acceptors (Lipinski definition) is 5. The highest BCUT2D eigenvalue weighted by Gasteiger charge is 2.00. The van der Waals surface area contributed by atoms with Crippen LogP contribution in [0.25, 0.3) is 0 Å². The van der Waals surface area contributed by atoms with Crippen molar-refractivity contribution < 1.29 is 14.3 Å². The van der Waals surface area contributed by atoms with Crippen molar-refractivity contribution in [2.45, 2.75) is 78.2 Å². The minimum atomic E-state index is -0.170. The third-order valence-electron chi connectivity index (χ3n) is 4.08. The van der Waals surface area contributed by atoms with E-state index in [2.05, 4.69) is 25.8 Å². The Bertz CT molecular complexity index is 290. The lowest BCUT2D eigenvalue weighted by atomic mass is 10.2. The van der Waals surface area contributed by atoms with Crippen LogP contribution in [-0.4, -0.2) is 55.4 Å². The second-order valence-electron chi connectivity index (χ2n) is 6.53. The van der Waals surface area contributed by atoms with E-state index in [4.69, 9.17) is 9.47 Å². The molecule has 0 aromatic rings. The number of thioether (sulfide) groups is 1. The Balaban J connectivity index is 3.21. The van der Waals surface area contributed by atoms with Gasteiger partial charge in [-0.1, -0.05) is 26.2 Å². The van der Waals surface area contributed by atoms with Crippen molar-refractivity contribution in [2.75, 3.05) is 38.4 Å². The first-order chi connectivity index (χ1) is 11.6. The predicted octanol–water partition coefficient (Wildman–Crippen LogP) is 4.72. The first kappa shape index (κ1) is 23.7. The molecule has 24 heavy (non-hydrogen) atoms. The molecule has 0 saturated carbocycles. The monoisotopic (exact) mass is 361 g/mol. The van der Waals surface area contributed by atoms with Crippen LogP contribution < -0.4 is 0 Å². The molecule has 1 atom stereocenters. The fraction of sp³-hybridized carbons (Fsp3) is 0.947. The van der Waals surface area contributed by atoms with E-state index in [1.54, 1.807) is 0 Å². The molecule has 0 fully saturated rings. The van der Waals surface area contributed by atoms with Crippen molar-refractivity contribution in [3.8, 4) is 0 Å². The van der Waals surface area contributed by atoms with Crippen LogP contribution in [0.15, 0.2) is 0 Å². The lowest BCUT2D eigenvalue weighted by Gasteiger charge is -2.16. The van der Waals surface area contributed by atoms with Gasteiger partial charge in [-0.3, -0.25) is 4.79 Å². The summed E-state index contributed by atoms with van der Waals surface area (Å²) in [6.07, 6.45) is 9.97. The van der Waals surface area contributed by atoms with Crippen LogP contribution in [0.3, 0.4) is 0 Å². The summed E-state index contributed by atoms with van der Waals surface area (Å²) in [4.78, 5) is 13.1. The van der Waals surface area contributed by atoms with Gasteiger partial charge in [0.15, 0.2) is 0 Å². The molecule has 0 spiro atoms. The van der Waals surface area contributed by atoms with Crippen molar-refractivity contribution in [3.05, 3.63) is 0 Å². The molecule has 0 aliphatic carbocycles. The first-order valence-corrected chi connectivity index (χ1v) is 10.7. The number of ether oxygens (including phenoxy) is 2. The molecule has 0 bridgehead atoms. The normalized spacial score (nSPS) is 12.5. The highest BCUT2D eigenvalue weighted by Crippen LogP contribution is 2.09. The van der Waals surface area contributed by atoms with Gasteiger partial charge in [-0.15, -0.1) is 11.8 Å². The Morgan fingerprint density at radius 2 is 1.67 bits per heavy atom. The van der Waals surface area contributed by atoms with Crippen LogP contribution in [0.1, 0.15) is 72.1 Å². The average Bonchev–Trinajstić information content (AvgIpc) is 2.55. The molecule has 0 heterocycles. The summed E-state index contributed by atoms with van der Waals surface area (Å²) in [5.41, 5.74) is 0. The largest absolute Gasteiger partial charge is 0.466 e. The maximum Gasteiger partial charge on any atom is 0.302 e. The zero-order valence-electron chi connectivity index (χ0n) is 16.3. The van der Waals surface area contributed by atoms with Crippen molar-refractivity contribution >= 4 is 17.7 Å². The van der Waals surface area contributed by atoms with Gasteiger partial charge in [0, 0.05) is 6.92 Å². The molecule has 0 saturated heterocycles. The zero-order chi connectivity index (χ0) is 18.0. The number of carbonyl (C=O) groups excluding carboxylic acids is 1.